The molecule has 0 bridgehead atoms. The third-order valence-corrected chi connectivity index (χ3v) is 2.57. The second kappa shape index (κ2) is 3.15. The SMILES string of the molecule is CC(C)(CC1(C(=N)N)CC1)OC(N)=O. The molecule has 0 radical (unpaired) electrons. The van der Waals surface area contributed by atoms with Crippen molar-refractivity contribution in [3.8, 4) is 0 Å². The highest BCUT2D eigenvalue weighted by Gasteiger charge is 2.50. The summed E-state index contributed by atoms with van der Waals surface area (Å²) in [6.07, 6.45) is 1.58. The largest absolute Gasteiger partial charge is 0.444 e. The maximum absolute atomic E-state index is 10.6. The molecule has 0 aromatic rings. The van der Waals surface area contributed by atoms with E-state index >= 15 is 0 Å². The summed E-state index contributed by atoms with van der Waals surface area (Å²) < 4.78 is 4.95. The van der Waals surface area contributed by atoms with Crippen LogP contribution in [0, 0.1) is 10.8 Å². The molecule has 1 saturated carbocycles. The van der Waals surface area contributed by atoms with Crippen LogP contribution in [0.2, 0.25) is 0 Å². The number of hydrogen-bond donors (Lipinski definition) is 3. The Bertz CT molecular complexity index is 269. The Labute approximate surface area is 83.3 Å². The van der Waals surface area contributed by atoms with Gasteiger partial charge in [-0.05, 0) is 33.1 Å². The fourth-order valence-electron chi connectivity index (χ4n) is 1.82. The van der Waals surface area contributed by atoms with Crippen LogP contribution in [0.25, 0.3) is 0 Å². The first-order valence-corrected chi connectivity index (χ1v) is 4.60. The summed E-state index contributed by atoms with van der Waals surface area (Å²) >= 11 is 0. The van der Waals surface area contributed by atoms with Crippen LogP contribution in [0.3, 0.4) is 0 Å². The Kier molecular flexibility index (Phi) is 2.43. The zero-order valence-electron chi connectivity index (χ0n) is 8.59. The minimum atomic E-state index is -0.783. The normalized spacial score (nSPS) is 18.7. The Morgan fingerprint density at radius 1 is 1.50 bits per heavy atom. The molecule has 1 aliphatic rings. The number of hydrogen-bond acceptors (Lipinski definition) is 3. The fourth-order valence-corrected chi connectivity index (χ4v) is 1.82. The molecule has 0 saturated heterocycles. The van der Waals surface area contributed by atoms with Gasteiger partial charge in [-0.2, -0.15) is 0 Å². The Balaban J connectivity index is 2.59. The van der Waals surface area contributed by atoms with E-state index in [0.29, 0.717) is 6.42 Å². The van der Waals surface area contributed by atoms with E-state index in [0.717, 1.165) is 12.8 Å². The summed E-state index contributed by atoms with van der Waals surface area (Å²) in [6.45, 7) is 3.56. The van der Waals surface area contributed by atoms with Crippen molar-refractivity contribution in [2.24, 2.45) is 16.9 Å². The minimum absolute atomic E-state index is 0.179. The van der Waals surface area contributed by atoms with Gasteiger partial charge in [0.05, 0.1) is 5.84 Å². The Morgan fingerprint density at radius 2 is 2.00 bits per heavy atom. The lowest BCUT2D eigenvalue weighted by atomic mass is 9.90. The second-order valence-electron chi connectivity index (χ2n) is 4.55. The van der Waals surface area contributed by atoms with Crippen molar-refractivity contribution in [1.82, 2.24) is 0 Å². The molecule has 5 nitrogen and oxygen atoms in total. The number of carbonyl (C=O) groups excluding carboxylic acids is 1. The van der Waals surface area contributed by atoms with Crippen LogP contribution in [0.5, 0.6) is 0 Å². The van der Waals surface area contributed by atoms with Crippen molar-refractivity contribution >= 4 is 11.9 Å². The molecule has 1 aliphatic carbocycles. The number of nitrogens with two attached hydrogens (primary N) is 2. The van der Waals surface area contributed by atoms with Crippen molar-refractivity contribution in [1.29, 1.82) is 5.41 Å². The first kappa shape index (κ1) is 10.8. The maximum Gasteiger partial charge on any atom is 0.405 e. The number of ether oxygens (including phenoxy) is 1. The van der Waals surface area contributed by atoms with Crippen LogP contribution < -0.4 is 11.5 Å². The van der Waals surface area contributed by atoms with E-state index < -0.39 is 11.7 Å². The van der Waals surface area contributed by atoms with Gasteiger partial charge in [0.25, 0.3) is 0 Å². The molecule has 5 N–H and O–H groups in total. The highest BCUT2D eigenvalue weighted by molar-refractivity contribution is 5.86. The van der Waals surface area contributed by atoms with Gasteiger partial charge in [0.2, 0.25) is 0 Å². The quantitative estimate of drug-likeness (QED) is 0.464. The Hall–Kier alpha value is -1.26. The predicted molar refractivity (Wildman–Crippen MR) is 52.9 cm³/mol. The monoisotopic (exact) mass is 199 g/mol. The number of amides is 1. The van der Waals surface area contributed by atoms with Gasteiger partial charge in [0.15, 0.2) is 0 Å². The molecule has 0 unspecified atom stereocenters. The molecule has 5 heteroatoms. The molecule has 14 heavy (non-hydrogen) atoms. The molecule has 0 aromatic heterocycles. The van der Waals surface area contributed by atoms with E-state index in [4.69, 9.17) is 21.6 Å². The molecule has 80 valence electrons. The summed E-state index contributed by atoms with van der Waals surface area (Å²) in [7, 11) is 0. The molecule has 0 atom stereocenters. The Morgan fingerprint density at radius 3 is 2.29 bits per heavy atom. The van der Waals surface area contributed by atoms with Gasteiger partial charge >= 0.3 is 6.09 Å². The molecule has 0 heterocycles. The lowest BCUT2D eigenvalue weighted by Gasteiger charge is -2.28. The summed E-state index contributed by atoms with van der Waals surface area (Å²) in [4.78, 5) is 10.6. The number of primary amides is 1. The molecular weight excluding hydrogens is 182 g/mol. The molecule has 1 amide bonds. The van der Waals surface area contributed by atoms with Crippen LogP contribution >= 0.6 is 0 Å². The minimum Gasteiger partial charge on any atom is -0.444 e. The molecule has 0 aliphatic heterocycles. The summed E-state index contributed by atoms with van der Waals surface area (Å²) in [5, 5.41) is 7.43. The molecule has 0 aromatic carbocycles. The number of carbonyl (C=O) groups is 1. The smallest absolute Gasteiger partial charge is 0.405 e. The second-order valence-corrected chi connectivity index (χ2v) is 4.55. The van der Waals surface area contributed by atoms with E-state index in [9.17, 15) is 4.79 Å². The zero-order chi connectivity index (χ0) is 11.0. The molecule has 1 rings (SSSR count). The van der Waals surface area contributed by atoms with Crippen molar-refractivity contribution in [3.05, 3.63) is 0 Å². The summed E-state index contributed by atoms with van der Waals surface area (Å²) in [5.74, 6) is 0.179. The van der Waals surface area contributed by atoms with Crippen molar-refractivity contribution < 1.29 is 9.53 Å². The van der Waals surface area contributed by atoms with E-state index in [2.05, 4.69) is 0 Å². The fraction of sp³-hybridized carbons (Fsp3) is 0.778. The highest BCUT2D eigenvalue weighted by Crippen LogP contribution is 2.51. The van der Waals surface area contributed by atoms with Crippen LogP contribution in [-0.4, -0.2) is 17.5 Å². The average Bonchev–Trinajstić information content (AvgIpc) is 2.64. The van der Waals surface area contributed by atoms with Crippen LogP contribution in [0.15, 0.2) is 0 Å². The number of amidine groups is 1. The predicted octanol–water partition coefficient (Wildman–Crippen LogP) is 0.967. The van der Waals surface area contributed by atoms with Gasteiger partial charge < -0.3 is 16.2 Å². The van der Waals surface area contributed by atoms with Gasteiger partial charge in [-0.25, -0.2) is 4.79 Å². The maximum atomic E-state index is 10.6. The van der Waals surface area contributed by atoms with Gasteiger partial charge in [-0.3, -0.25) is 5.41 Å². The van der Waals surface area contributed by atoms with E-state index in [1.165, 1.54) is 0 Å². The van der Waals surface area contributed by atoms with Gasteiger partial charge in [-0.15, -0.1) is 0 Å². The lowest BCUT2D eigenvalue weighted by Crippen LogP contribution is -2.37. The highest BCUT2D eigenvalue weighted by atomic mass is 16.6. The summed E-state index contributed by atoms with van der Waals surface area (Å²) in [6, 6.07) is 0. The third-order valence-electron chi connectivity index (χ3n) is 2.57. The van der Waals surface area contributed by atoms with Gasteiger partial charge in [-0.1, -0.05) is 0 Å². The standard InChI is InChI=1S/C9H17N3O2/c1-8(2,14-7(12)13)5-9(3-4-9)6(10)11/h3-5H2,1-2H3,(H3,10,11)(H2,12,13). The summed E-state index contributed by atoms with van der Waals surface area (Å²) in [5.41, 5.74) is 9.53. The van der Waals surface area contributed by atoms with Crippen molar-refractivity contribution in [3.63, 3.8) is 0 Å². The molecular formula is C9H17N3O2. The van der Waals surface area contributed by atoms with Crippen molar-refractivity contribution in [2.45, 2.75) is 38.7 Å². The molecule has 1 fully saturated rings. The van der Waals surface area contributed by atoms with Crippen LogP contribution in [0.1, 0.15) is 33.1 Å². The van der Waals surface area contributed by atoms with Gasteiger partial charge in [0.1, 0.15) is 5.60 Å². The number of nitrogens with one attached hydrogen (secondary N) is 1. The van der Waals surface area contributed by atoms with Crippen LogP contribution in [-0.2, 0) is 4.74 Å². The van der Waals surface area contributed by atoms with Crippen molar-refractivity contribution in [2.75, 3.05) is 0 Å². The van der Waals surface area contributed by atoms with E-state index in [1.54, 1.807) is 13.8 Å². The third kappa shape index (κ3) is 2.37. The first-order chi connectivity index (χ1) is 6.27. The van der Waals surface area contributed by atoms with E-state index in [-0.39, 0.29) is 11.3 Å². The lowest BCUT2D eigenvalue weighted by molar-refractivity contribution is 0.0300. The van der Waals surface area contributed by atoms with Gasteiger partial charge in [0, 0.05) is 5.41 Å². The topological polar surface area (TPSA) is 102 Å². The molecule has 0 spiro atoms. The first-order valence-electron chi connectivity index (χ1n) is 4.60. The average molecular weight is 199 g/mol. The van der Waals surface area contributed by atoms with E-state index in [1.807, 2.05) is 0 Å². The number of rotatable bonds is 4. The zero-order valence-corrected chi connectivity index (χ0v) is 8.59. The van der Waals surface area contributed by atoms with Crippen LogP contribution in [0.4, 0.5) is 4.79 Å².